The second-order valence-electron chi connectivity index (χ2n) is 7.58. The Kier molecular flexibility index (Phi) is 5.99. The average Bonchev–Trinajstić information content (AvgIpc) is 2.69. The quantitative estimate of drug-likeness (QED) is 0.755. The number of nitrogens with zero attached hydrogens (tertiary/aromatic N) is 2. The molecule has 0 saturated carbocycles. The maximum absolute atomic E-state index is 12.9. The molecule has 2 aliphatic heterocycles. The number of nitrogens with one attached hydrogen (secondary N) is 1. The fourth-order valence-corrected chi connectivity index (χ4v) is 4.80. The number of amides is 2. The summed E-state index contributed by atoms with van der Waals surface area (Å²) >= 11 is 3.50. The van der Waals surface area contributed by atoms with Crippen molar-refractivity contribution in [3.63, 3.8) is 0 Å². The number of aliphatic hydroxyl groups excluding tert-OH is 1. The van der Waals surface area contributed by atoms with E-state index in [4.69, 9.17) is 0 Å². The van der Waals surface area contributed by atoms with Gasteiger partial charge in [0.05, 0.1) is 6.61 Å². The number of aliphatic hydroxyl groups is 1. The fourth-order valence-electron chi connectivity index (χ4n) is 4.53. The van der Waals surface area contributed by atoms with Gasteiger partial charge in [0.2, 0.25) is 0 Å². The minimum atomic E-state index is -0.0462. The first-order valence-electron chi connectivity index (χ1n) is 9.90. The molecule has 2 aromatic rings. The summed E-state index contributed by atoms with van der Waals surface area (Å²) in [5.41, 5.74) is 2.05. The lowest BCUT2D eigenvalue weighted by Crippen LogP contribution is -2.68. The van der Waals surface area contributed by atoms with Crippen molar-refractivity contribution in [3.05, 3.63) is 64.6 Å². The number of hydrogen-bond donors (Lipinski definition) is 2. The van der Waals surface area contributed by atoms with Gasteiger partial charge in [0.15, 0.2) is 0 Å². The zero-order chi connectivity index (χ0) is 19.5. The number of carbonyl (C=O) groups is 1. The molecule has 0 bridgehead atoms. The zero-order valence-corrected chi connectivity index (χ0v) is 17.4. The molecule has 0 unspecified atom stereocenters. The van der Waals surface area contributed by atoms with E-state index in [9.17, 15) is 9.90 Å². The van der Waals surface area contributed by atoms with Gasteiger partial charge in [-0.3, -0.25) is 4.90 Å². The highest BCUT2D eigenvalue weighted by atomic mass is 79.9. The van der Waals surface area contributed by atoms with E-state index in [1.807, 2.05) is 35.2 Å². The Morgan fingerprint density at radius 3 is 2.50 bits per heavy atom. The van der Waals surface area contributed by atoms with Crippen LogP contribution in [0.4, 0.5) is 10.5 Å². The van der Waals surface area contributed by atoms with Crippen LogP contribution in [0.2, 0.25) is 0 Å². The maximum atomic E-state index is 12.9. The van der Waals surface area contributed by atoms with Crippen LogP contribution in [0.1, 0.15) is 24.3 Å². The van der Waals surface area contributed by atoms with Crippen LogP contribution in [0, 0.1) is 0 Å². The molecule has 2 saturated heterocycles. The third-order valence-electron chi connectivity index (χ3n) is 5.94. The lowest BCUT2D eigenvalue weighted by Gasteiger charge is -2.57. The van der Waals surface area contributed by atoms with Crippen molar-refractivity contribution < 1.29 is 9.90 Å². The minimum Gasteiger partial charge on any atom is -0.395 e. The predicted octanol–water partition coefficient (Wildman–Crippen LogP) is 3.91. The molecule has 0 spiro atoms. The molecule has 0 aromatic heterocycles. The Morgan fingerprint density at radius 1 is 1.07 bits per heavy atom. The normalized spacial score (nSPS) is 25.2. The minimum absolute atomic E-state index is 0.0462. The Morgan fingerprint density at radius 2 is 1.79 bits per heavy atom. The van der Waals surface area contributed by atoms with Crippen molar-refractivity contribution in [1.82, 2.24) is 9.80 Å². The smallest absolute Gasteiger partial charge is 0.321 e. The monoisotopic (exact) mass is 443 g/mol. The SMILES string of the molecule is O=C(Nc1ccccc1)N1CCCCN2[C@@H](CO)[C@@H](c3ccc(Br)cc3)[C@@H]2C1. The van der Waals surface area contributed by atoms with Crippen LogP contribution in [0.5, 0.6) is 0 Å². The third-order valence-corrected chi connectivity index (χ3v) is 6.47. The van der Waals surface area contributed by atoms with Gasteiger partial charge in [-0.25, -0.2) is 4.79 Å². The Labute approximate surface area is 174 Å². The lowest BCUT2D eigenvalue weighted by atomic mass is 9.74. The molecule has 2 aliphatic rings. The van der Waals surface area contributed by atoms with Crippen LogP contribution in [-0.2, 0) is 0 Å². The first-order chi connectivity index (χ1) is 13.7. The fraction of sp³-hybridized carbons (Fsp3) is 0.409. The first-order valence-corrected chi connectivity index (χ1v) is 10.7. The maximum Gasteiger partial charge on any atom is 0.321 e. The van der Waals surface area contributed by atoms with E-state index >= 15 is 0 Å². The molecule has 2 N–H and O–H groups in total. The van der Waals surface area contributed by atoms with Gasteiger partial charge in [-0.05, 0) is 49.2 Å². The molecule has 2 fully saturated rings. The number of anilines is 1. The van der Waals surface area contributed by atoms with Crippen molar-refractivity contribution in [2.75, 3.05) is 31.6 Å². The van der Waals surface area contributed by atoms with Gasteiger partial charge in [0.25, 0.3) is 0 Å². The van der Waals surface area contributed by atoms with Gasteiger partial charge in [-0.15, -0.1) is 0 Å². The van der Waals surface area contributed by atoms with E-state index in [-0.39, 0.29) is 30.6 Å². The van der Waals surface area contributed by atoms with Crippen LogP contribution in [-0.4, -0.2) is 59.3 Å². The van der Waals surface area contributed by atoms with Crippen molar-refractivity contribution in [1.29, 1.82) is 0 Å². The topological polar surface area (TPSA) is 55.8 Å². The number of para-hydroxylation sites is 1. The van der Waals surface area contributed by atoms with E-state index in [1.165, 1.54) is 5.56 Å². The summed E-state index contributed by atoms with van der Waals surface area (Å²) in [6.45, 7) is 2.57. The summed E-state index contributed by atoms with van der Waals surface area (Å²) in [4.78, 5) is 17.2. The Balaban J connectivity index is 1.52. The number of hydrogen-bond acceptors (Lipinski definition) is 3. The number of halogens is 1. The van der Waals surface area contributed by atoms with Crippen molar-refractivity contribution in [2.24, 2.45) is 0 Å². The van der Waals surface area contributed by atoms with E-state index in [0.29, 0.717) is 6.54 Å². The zero-order valence-electron chi connectivity index (χ0n) is 15.8. The second kappa shape index (κ2) is 8.64. The highest BCUT2D eigenvalue weighted by molar-refractivity contribution is 9.10. The van der Waals surface area contributed by atoms with Crippen LogP contribution < -0.4 is 5.32 Å². The molecule has 6 heteroatoms. The number of fused-ring (bicyclic) bond motifs is 1. The molecule has 148 valence electrons. The summed E-state index contributed by atoms with van der Waals surface area (Å²) in [5, 5.41) is 13.0. The second-order valence-corrected chi connectivity index (χ2v) is 8.50. The Bertz CT molecular complexity index is 799. The van der Waals surface area contributed by atoms with E-state index < -0.39 is 0 Å². The molecule has 0 aliphatic carbocycles. The third kappa shape index (κ3) is 3.95. The average molecular weight is 444 g/mol. The van der Waals surface area contributed by atoms with Crippen LogP contribution >= 0.6 is 15.9 Å². The Hall–Kier alpha value is -1.89. The van der Waals surface area contributed by atoms with E-state index in [0.717, 1.165) is 36.1 Å². The number of carbonyl (C=O) groups excluding carboxylic acids is 1. The molecule has 2 amide bonds. The van der Waals surface area contributed by atoms with Gasteiger partial charge in [0, 0.05) is 41.3 Å². The van der Waals surface area contributed by atoms with Crippen LogP contribution in [0.25, 0.3) is 0 Å². The first kappa shape index (κ1) is 19.4. The molecule has 28 heavy (non-hydrogen) atoms. The number of rotatable bonds is 3. The summed E-state index contributed by atoms with van der Waals surface area (Å²) in [6, 6.07) is 18.3. The molecular formula is C22H26BrN3O2. The van der Waals surface area contributed by atoms with E-state index in [2.05, 4.69) is 50.4 Å². The molecule has 3 atom stereocenters. The van der Waals surface area contributed by atoms with Gasteiger partial charge in [0.1, 0.15) is 0 Å². The molecule has 0 radical (unpaired) electrons. The van der Waals surface area contributed by atoms with Crippen molar-refractivity contribution >= 4 is 27.6 Å². The highest BCUT2D eigenvalue weighted by Gasteiger charge is 2.49. The summed E-state index contributed by atoms with van der Waals surface area (Å²) in [7, 11) is 0. The molecule has 4 rings (SSSR count). The van der Waals surface area contributed by atoms with Gasteiger partial charge < -0.3 is 15.3 Å². The van der Waals surface area contributed by atoms with Gasteiger partial charge >= 0.3 is 6.03 Å². The standard InChI is InChI=1S/C22H26BrN3O2/c23-17-10-8-16(9-11-17)21-19-14-25(12-4-5-13-26(19)20(21)15-27)22(28)24-18-6-2-1-3-7-18/h1-3,6-11,19-21,27H,4-5,12-15H2,(H,24,28)/t19-,20-,21-/m0/s1. The molecule has 5 nitrogen and oxygen atoms in total. The number of urea groups is 1. The van der Waals surface area contributed by atoms with Gasteiger partial charge in [-0.1, -0.05) is 46.3 Å². The summed E-state index contributed by atoms with van der Waals surface area (Å²) in [5.74, 6) is 0.239. The van der Waals surface area contributed by atoms with Crippen molar-refractivity contribution in [2.45, 2.75) is 30.8 Å². The van der Waals surface area contributed by atoms with E-state index in [1.54, 1.807) is 0 Å². The molecule has 2 heterocycles. The summed E-state index contributed by atoms with van der Waals surface area (Å²) in [6.07, 6.45) is 2.02. The lowest BCUT2D eigenvalue weighted by molar-refractivity contribution is -0.0585. The predicted molar refractivity (Wildman–Crippen MR) is 115 cm³/mol. The molecular weight excluding hydrogens is 418 g/mol. The van der Waals surface area contributed by atoms with Crippen LogP contribution in [0.3, 0.4) is 0 Å². The van der Waals surface area contributed by atoms with Crippen molar-refractivity contribution in [3.8, 4) is 0 Å². The van der Waals surface area contributed by atoms with Crippen LogP contribution in [0.15, 0.2) is 59.1 Å². The molecule has 2 aromatic carbocycles. The highest BCUT2D eigenvalue weighted by Crippen LogP contribution is 2.42. The van der Waals surface area contributed by atoms with Gasteiger partial charge in [-0.2, -0.15) is 0 Å². The summed E-state index contributed by atoms with van der Waals surface area (Å²) < 4.78 is 1.05. The largest absolute Gasteiger partial charge is 0.395 e. The number of benzene rings is 2.